The number of methoxy groups -OCH3 is 1. The van der Waals surface area contributed by atoms with E-state index in [1.54, 1.807) is 13.4 Å². The van der Waals surface area contributed by atoms with Crippen molar-refractivity contribution in [3.63, 3.8) is 0 Å². The molecule has 68 valence electrons. The van der Waals surface area contributed by atoms with Crippen LogP contribution in [0.2, 0.25) is 0 Å². The minimum atomic E-state index is 0.486. The predicted molar refractivity (Wildman–Crippen MR) is 42.5 cm³/mol. The second-order valence-electron chi connectivity index (χ2n) is 2.40. The van der Waals surface area contributed by atoms with Gasteiger partial charge in [-0.3, -0.25) is 0 Å². The first kappa shape index (κ1) is 9.15. The summed E-state index contributed by atoms with van der Waals surface area (Å²) < 4.78 is 11.9. The van der Waals surface area contributed by atoms with Crippen LogP contribution in [-0.4, -0.2) is 35.1 Å². The van der Waals surface area contributed by atoms with E-state index < -0.39 is 0 Å². The van der Waals surface area contributed by atoms with E-state index >= 15 is 0 Å². The Morgan fingerprint density at radius 1 is 1.50 bits per heavy atom. The molecule has 0 aliphatic heterocycles. The highest BCUT2D eigenvalue weighted by molar-refractivity contribution is 4.80. The summed E-state index contributed by atoms with van der Waals surface area (Å²) >= 11 is 0. The second kappa shape index (κ2) is 4.84. The van der Waals surface area contributed by atoms with Gasteiger partial charge in [-0.25, -0.2) is 0 Å². The third-order valence-electron chi connectivity index (χ3n) is 1.47. The van der Waals surface area contributed by atoms with E-state index in [1.165, 1.54) is 0 Å². The van der Waals surface area contributed by atoms with Gasteiger partial charge in [0.25, 0.3) is 0 Å². The van der Waals surface area contributed by atoms with Crippen LogP contribution in [0.25, 0.3) is 0 Å². The third kappa shape index (κ3) is 2.60. The lowest BCUT2D eigenvalue weighted by Crippen LogP contribution is -2.05. The monoisotopic (exact) mass is 171 g/mol. The number of nitrogens with zero attached hydrogens (tertiary/aromatic N) is 3. The van der Waals surface area contributed by atoms with Crippen molar-refractivity contribution in [3.8, 4) is 0 Å². The van der Waals surface area contributed by atoms with Gasteiger partial charge in [0.05, 0.1) is 13.2 Å². The Hall–Kier alpha value is -0.940. The van der Waals surface area contributed by atoms with Crippen molar-refractivity contribution >= 4 is 0 Å². The number of ether oxygens (including phenoxy) is 2. The molecule has 12 heavy (non-hydrogen) atoms. The Kier molecular flexibility index (Phi) is 3.69. The summed E-state index contributed by atoms with van der Waals surface area (Å²) in [6.45, 7) is 1.68. The van der Waals surface area contributed by atoms with E-state index in [1.807, 2.05) is 11.6 Å². The van der Waals surface area contributed by atoms with E-state index in [9.17, 15) is 0 Å². The molecule has 1 heterocycles. The molecule has 0 atom stereocenters. The van der Waals surface area contributed by atoms with E-state index in [4.69, 9.17) is 9.47 Å². The zero-order valence-corrected chi connectivity index (χ0v) is 7.36. The van der Waals surface area contributed by atoms with Crippen LogP contribution in [-0.2, 0) is 23.1 Å². The molecule has 0 bridgehead atoms. The minimum Gasteiger partial charge on any atom is -0.382 e. The molecular formula is C7H13N3O2. The van der Waals surface area contributed by atoms with Crippen LogP contribution >= 0.6 is 0 Å². The van der Waals surface area contributed by atoms with Gasteiger partial charge in [-0.15, -0.1) is 10.2 Å². The molecule has 0 aliphatic carbocycles. The smallest absolute Gasteiger partial charge is 0.158 e. The number of aryl methyl sites for hydroxylation is 1. The second-order valence-corrected chi connectivity index (χ2v) is 2.40. The molecule has 1 rings (SSSR count). The van der Waals surface area contributed by atoms with Gasteiger partial charge in [-0.05, 0) is 0 Å². The number of hydrogen-bond donors (Lipinski definition) is 0. The Bertz CT molecular complexity index is 224. The maximum Gasteiger partial charge on any atom is 0.158 e. The van der Waals surface area contributed by atoms with Crippen LogP contribution in [0.4, 0.5) is 0 Å². The van der Waals surface area contributed by atoms with E-state index in [2.05, 4.69) is 10.2 Å². The van der Waals surface area contributed by atoms with Crippen LogP contribution in [0.1, 0.15) is 5.82 Å². The predicted octanol–water partition coefficient (Wildman–Crippen LogP) is -0.0219. The van der Waals surface area contributed by atoms with E-state index in [0.29, 0.717) is 19.8 Å². The van der Waals surface area contributed by atoms with Crippen molar-refractivity contribution < 1.29 is 9.47 Å². The van der Waals surface area contributed by atoms with Crippen molar-refractivity contribution in [2.45, 2.75) is 6.61 Å². The molecule has 0 spiro atoms. The molecule has 0 saturated carbocycles. The first-order chi connectivity index (χ1) is 5.84. The van der Waals surface area contributed by atoms with Crippen molar-refractivity contribution in [1.82, 2.24) is 14.8 Å². The minimum absolute atomic E-state index is 0.486. The van der Waals surface area contributed by atoms with Gasteiger partial charge in [0.2, 0.25) is 0 Å². The third-order valence-corrected chi connectivity index (χ3v) is 1.47. The maximum absolute atomic E-state index is 5.25. The summed E-state index contributed by atoms with van der Waals surface area (Å²) in [5.74, 6) is 0.825. The van der Waals surface area contributed by atoms with Crippen LogP contribution in [0, 0.1) is 0 Å². The van der Waals surface area contributed by atoms with Crippen molar-refractivity contribution in [1.29, 1.82) is 0 Å². The number of hydrogen-bond acceptors (Lipinski definition) is 4. The lowest BCUT2D eigenvalue weighted by molar-refractivity contribution is 0.0575. The highest BCUT2D eigenvalue weighted by Gasteiger charge is 1.98. The lowest BCUT2D eigenvalue weighted by Gasteiger charge is -2.01. The molecule has 0 aliphatic rings. The molecule has 0 amide bonds. The molecule has 0 N–H and O–H groups in total. The molecule has 0 fully saturated rings. The van der Waals surface area contributed by atoms with Crippen LogP contribution in [0.5, 0.6) is 0 Å². The molecule has 5 heteroatoms. The largest absolute Gasteiger partial charge is 0.382 e. The normalized spacial score (nSPS) is 10.5. The summed E-state index contributed by atoms with van der Waals surface area (Å²) in [7, 11) is 3.53. The zero-order valence-electron chi connectivity index (χ0n) is 7.36. The Morgan fingerprint density at radius 2 is 2.33 bits per heavy atom. The fraction of sp³-hybridized carbons (Fsp3) is 0.714. The summed E-state index contributed by atoms with van der Waals surface area (Å²) in [5.41, 5.74) is 0. The lowest BCUT2D eigenvalue weighted by atomic mass is 10.6. The average molecular weight is 171 g/mol. The summed E-state index contributed by atoms with van der Waals surface area (Å²) in [5, 5.41) is 7.58. The maximum atomic E-state index is 5.25. The molecule has 0 unspecified atom stereocenters. The fourth-order valence-corrected chi connectivity index (χ4v) is 0.744. The molecular weight excluding hydrogens is 158 g/mol. The summed E-state index contributed by atoms with van der Waals surface area (Å²) in [6.07, 6.45) is 1.65. The number of rotatable bonds is 5. The highest BCUT2D eigenvalue weighted by atomic mass is 16.5. The van der Waals surface area contributed by atoms with Gasteiger partial charge in [0, 0.05) is 14.2 Å². The fourth-order valence-electron chi connectivity index (χ4n) is 0.744. The molecule has 0 saturated heterocycles. The van der Waals surface area contributed by atoms with Gasteiger partial charge in [0.15, 0.2) is 5.82 Å². The van der Waals surface area contributed by atoms with Gasteiger partial charge in [0.1, 0.15) is 12.9 Å². The van der Waals surface area contributed by atoms with E-state index in [-0.39, 0.29) is 0 Å². The topological polar surface area (TPSA) is 49.2 Å². The molecule has 1 aromatic heterocycles. The van der Waals surface area contributed by atoms with Gasteiger partial charge in [-0.2, -0.15) is 0 Å². The summed E-state index contributed by atoms with van der Waals surface area (Å²) in [4.78, 5) is 0. The molecule has 5 nitrogen and oxygen atoms in total. The zero-order chi connectivity index (χ0) is 8.81. The molecule has 0 aromatic carbocycles. The summed E-state index contributed by atoms with van der Waals surface area (Å²) in [6, 6.07) is 0. The van der Waals surface area contributed by atoms with Crippen LogP contribution < -0.4 is 0 Å². The van der Waals surface area contributed by atoms with Crippen LogP contribution in [0.3, 0.4) is 0 Å². The number of aromatic nitrogens is 3. The van der Waals surface area contributed by atoms with Gasteiger partial charge in [-0.1, -0.05) is 0 Å². The van der Waals surface area contributed by atoms with E-state index in [0.717, 1.165) is 5.82 Å². The SMILES string of the molecule is COCCOCc1nncn1C. The van der Waals surface area contributed by atoms with Crippen LogP contribution in [0.15, 0.2) is 6.33 Å². The van der Waals surface area contributed by atoms with Crippen molar-refractivity contribution in [2.75, 3.05) is 20.3 Å². The first-order valence-electron chi connectivity index (χ1n) is 3.74. The van der Waals surface area contributed by atoms with Gasteiger partial charge >= 0.3 is 0 Å². The quantitative estimate of drug-likeness (QED) is 0.584. The highest BCUT2D eigenvalue weighted by Crippen LogP contribution is 1.93. The van der Waals surface area contributed by atoms with Crippen molar-refractivity contribution in [2.24, 2.45) is 7.05 Å². The molecule has 1 aromatic rings. The average Bonchev–Trinajstić information content (AvgIpc) is 2.46. The Labute approximate surface area is 71.3 Å². The van der Waals surface area contributed by atoms with Crippen molar-refractivity contribution in [3.05, 3.63) is 12.2 Å². The Balaban J connectivity index is 2.20. The van der Waals surface area contributed by atoms with Gasteiger partial charge < -0.3 is 14.0 Å². The first-order valence-corrected chi connectivity index (χ1v) is 3.74. The molecule has 0 radical (unpaired) electrons. The Morgan fingerprint density at radius 3 is 2.92 bits per heavy atom. The standard InChI is InChI=1S/C7H13N3O2/c1-10-6-8-9-7(10)5-12-4-3-11-2/h6H,3-5H2,1-2H3.